The molecule has 0 atom stereocenters. The van der Waals surface area contributed by atoms with Crippen molar-refractivity contribution in [3.05, 3.63) is 48.0 Å². The smallest absolute Gasteiger partial charge is 0.262 e. The van der Waals surface area contributed by atoms with E-state index in [0.29, 0.717) is 22.9 Å². The summed E-state index contributed by atoms with van der Waals surface area (Å²) in [6.07, 6.45) is 0. The van der Waals surface area contributed by atoms with Crippen LogP contribution in [0.2, 0.25) is 0 Å². The number of methoxy groups -OCH3 is 1. The number of benzene rings is 2. The van der Waals surface area contributed by atoms with Gasteiger partial charge in [-0.05, 0) is 36.8 Å². The summed E-state index contributed by atoms with van der Waals surface area (Å²) in [5.74, 6) is 1.01. The van der Waals surface area contributed by atoms with Crippen molar-refractivity contribution in [1.82, 2.24) is 0 Å². The predicted molar refractivity (Wildman–Crippen MR) is 82.7 cm³/mol. The third-order valence-electron chi connectivity index (χ3n) is 2.97. The molecule has 0 unspecified atom stereocenters. The first-order chi connectivity index (χ1) is 10.1. The Balaban J connectivity index is 1.91. The number of carbonyl (C=O) groups is 1. The van der Waals surface area contributed by atoms with Crippen LogP contribution < -0.4 is 20.5 Å². The number of nitrogens with one attached hydrogen (secondary N) is 1. The molecule has 5 heteroatoms. The van der Waals surface area contributed by atoms with Crippen LogP contribution in [0, 0.1) is 6.92 Å². The fourth-order valence-electron chi connectivity index (χ4n) is 1.76. The molecule has 0 spiro atoms. The van der Waals surface area contributed by atoms with Crippen molar-refractivity contribution in [2.75, 3.05) is 24.8 Å². The topological polar surface area (TPSA) is 73.6 Å². The van der Waals surface area contributed by atoms with Crippen LogP contribution in [0.15, 0.2) is 42.5 Å². The lowest BCUT2D eigenvalue weighted by atomic mass is 10.2. The molecule has 2 aromatic carbocycles. The molecule has 0 saturated carbocycles. The molecule has 0 bridgehead atoms. The summed E-state index contributed by atoms with van der Waals surface area (Å²) in [4.78, 5) is 11.8. The SMILES string of the molecule is COc1cccc(OCC(=O)Nc2ccc(C)c(N)c2)c1. The first kappa shape index (κ1) is 14.7. The van der Waals surface area contributed by atoms with Gasteiger partial charge >= 0.3 is 0 Å². The number of aryl methyl sites for hydroxylation is 1. The molecular weight excluding hydrogens is 268 g/mol. The van der Waals surface area contributed by atoms with Gasteiger partial charge in [0, 0.05) is 17.4 Å². The molecule has 0 saturated heterocycles. The molecule has 0 aliphatic carbocycles. The van der Waals surface area contributed by atoms with Crippen molar-refractivity contribution in [1.29, 1.82) is 0 Å². The fourth-order valence-corrected chi connectivity index (χ4v) is 1.76. The lowest BCUT2D eigenvalue weighted by Gasteiger charge is -2.09. The third-order valence-corrected chi connectivity index (χ3v) is 2.97. The summed E-state index contributed by atoms with van der Waals surface area (Å²) < 4.78 is 10.5. The van der Waals surface area contributed by atoms with E-state index in [9.17, 15) is 4.79 Å². The number of nitrogens with two attached hydrogens (primary N) is 1. The monoisotopic (exact) mass is 286 g/mol. The van der Waals surface area contributed by atoms with E-state index in [1.807, 2.05) is 19.1 Å². The van der Waals surface area contributed by atoms with Crippen LogP contribution in [0.4, 0.5) is 11.4 Å². The second-order valence-electron chi connectivity index (χ2n) is 4.59. The van der Waals surface area contributed by atoms with Crippen LogP contribution in [0.5, 0.6) is 11.5 Å². The summed E-state index contributed by atoms with van der Waals surface area (Å²) in [6.45, 7) is 1.83. The van der Waals surface area contributed by atoms with Gasteiger partial charge in [-0.3, -0.25) is 4.79 Å². The molecule has 0 aliphatic heterocycles. The van der Waals surface area contributed by atoms with Gasteiger partial charge in [-0.15, -0.1) is 0 Å². The summed E-state index contributed by atoms with van der Waals surface area (Å²) >= 11 is 0. The van der Waals surface area contributed by atoms with Crippen LogP contribution in [-0.2, 0) is 4.79 Å². The number of anilines is 2. The maximum absolute atomic E-state index is 11.8. The van der Waals surface area contributed by atoms with E-state index in [2.05, 4.69) is 5.32 Å². The minimum absolute atomic E-state index is 0.0824. The van der Waals surface area contributed by atoms with Crippen molar-refractivity contribution in [3.63, 3.8) is 0 Å². The highest BCUT2D eigenvalue weighted by atomic mass is 16.5. The molecule has 0 aromatic heterocycles. The minimum atomic E-state index is -0.249. The van der Waals surface area contributed by atoms with Gasteiger partial charge < -0.3 is 20.5 Å². The Morgan fingerprint density at radius 3 is 2.67 bits per heavy atom. The van der Waals surface area contributed by atoms with E-state index in [-0.39, 0.29) is 12.5 Å². The van der Waals surface area contributed by atoms with Gasteiger partial charge in [0.15, 0.2) is 6.61 Å². The van der Waals surface area contributed by atoms with E-state index in [0.717, 1.165) is 5.56 Å². The quantitative estimate of drug-likeness (QED) is 0.829. The molecule has 0 radical (unpaired) electrons. The number of rotatable bonds is 5. The Labute approximate surface area is 123 Å². The van der Waals surface area contributed by atoms with E-state index in [1.54, 1.807) is 37.4 Å². The van der Waals surface area contributed by atoms with Crippen molar-refractivity contribution in [3.8, 4) is 11.5 Å². The van der Waals surface area contributed by atoms with Crippen molar-refractivity contribution >= 4 is 17.3 Å². The maximum Gasteiger partial charge on any atom is 0.262 e. The molecule has 0 aliphatic rings. The first-order valence-electron chi connectivity index (χ1n) is 6.51. The van der Waals surface area contributed by atoms with Crippen molar-refractivity contribution < 1.29 is 14.3 Å². The normalized spacial score (nSPS) is 10.0. The van der Waals surface area contributed by atoms with Gasteiger partial charge in [-0.2, -0.15) is 0 Å². The molecular formula is C16H18N2O3. The number of nitrogen functional groups attached to an aromatic ring is 1. The Kier molecular flexibility index (Phi) is 4.66. The molecule has 2 rings (SSSR count). The highest BCUT2D eigenvalue weighted by molar-refractivity contribution is 5.92. The van der Waals surface area contributed by atoms with E-state index < -0.39 is 0 Å². The Morgan fingerprint density at radius 2 is 1.95 bits per heavy atom. The predicted octanol–water partition coefficient (Wildman–Crippen LogP) is 2.60. The number of carbonyl (C=O) groups excluding carboxylic acids is 1. The van der Waals surface area contributed by atoms with Gasteiger partial charge in [-0.25, -0.2) is 0 Å². The van der Waals surface area contributed by atoms with Crippen LogP contribution in [0.25, 0.3) is 0 Å². The molecule has 5 nitrogen and oxygen atoms in total. The average Bonchev–Trinajstić information content (AvgIpc) is 2.49. The summed E-state index contributed by atoms with van der Waals surface area (Å²) in [6, 6.07) is 12.5. The Morgan fingerprint density at radius 1 is 1.19 bits per heavy atom. The van der Waals surface area contributed by atoms with E-state index in [1.165, 1.54) is 0 Å². The molecule has 1 amide bonds. The van der Waals surface area contributed by atoms with E-state index in [4.69, 9.17) is 15.2 Å². The lowest BCUT2D eigenvalue weighted by Crippen LogP contribution is -2.20. The zero-order valence-corrected chi connectivity index (χ0v) is 12.1. The van der Waals surface area contributed by atoms with Gasteiger partial charge in [0.1, 0.15) is 11.5 Å². The number of ether oxygens (including phenoxy) is 2. The van der Waals surface area contributed by atoms with Gasteiger partial charge in [0.05, 0.1) is 7.11 Å². The second-order valence-corrected chi connectivity index (χ2v) is 4.59. The lowest BCUT2D eigenvalue weighted by molar-refractivity contribution is -0.118. The Bertz CT molecular complexity index is 641. The number of hydrogen-bond acceptors (Lipinski definition) is 4. The van der Waals surface area contributed by atoms with E-state index >= 15 is 0 Å². The summed E-state index contributed by atoms with van der Waals surface area (Å²) in [5.41, 5.74) is 8.06. The second kappa shape index (κ2) is 6.65. The first-order valence-corrected chi connectivity index (χ1v) is 6.51. The Hall–Kier alpha value is -2.69. The molecule has 3 N–H and O–H groups in total. The van der Waals surface area contributed by atoms with Crippen LogP contribution in [0.1, 0.15) is 5.56 Å². The average molecular weight is 286 g/mol. The largest absolute Gasteiger partial charge is 0.497 e. The van der Waals surface area contributed by atoms with Gasteiger partial charge in [0.25, 0.3) is 5.91 Å². The highest BCUT2D eigenvalue weighted by Crippen LogP contribution is 2.19. The van der Waals surface area contributed by atoms with Gasteiger partial charge in [0.2, 0.25) is 0 Å². The van der Waals surface area contributed by atoms with Crippen molar-refractivity contribution in [2.24, 2.45) is 0 Å². The van der Waals surface area contributed by atoms with Crippen LogP contribution in [-0.4, -0.2) is 19.6 Å². The fraction of sp³-hybridized carbons (Fsp3) is 0.188. The number of hydrogen-bond donors (Lipinski definition) is 2. The maximum atomic E-state index is 11.8. The molecule has 0 fully saturated rings. The minimum Gasteiger partial charge on any atom is -0.497 e. The molecule has 2 aromatic rings. The zero-order valence-electron chi connectivity index (χ0n) is 12.1. The third kappa shape index (κ3) is 4.14. The molecule has 110 valence electrons. The molecule has 0 heterocycles. The zero-order chi connectivity index (χ0) is 15.2. The summed E-state index contributed by atoms with van der Waals surface area (Å²) in [5, 5.41) is 2.73. The van der Waals surface area contributed by atoms with Crippen LogP contribution in [0.3, 0.4) is 0 Å². The van der Waals surface area contributed by atoms with Crippen molar-refractivity contribution in [2.45, 2.75) is 6.92 Å². The standard InChI is InChI=1S/C16H18N2O3/c1-11-6-7-12(8-15(11)17)18-16(19)10-21-14-5-3-4-13(9-14)20-2/h3-9H,10,17H2,1-2H3,(H,18,19). The van der Waals surface area contributed by atoms with Crippen LogP contribution >= 0.6 is 0 Å². The van der Waals surface area contributed by atoms with Gasteiger partial charge in [-0.1, -0.05) is 12.1 Å². The highest BCUT2D eigenvalue weighted by Gasteiger charge is 2.05. The number of amides is 1. The summed E-state index contributed by atoms with van der Waals surface area (Å²) in [7, 11) is 1.58. The molecule has 21 heavy (non-hydrogen) atoms.